The van der Waals surface area contributed by atoms with E-state index in [1.165, 1.54) is 0 Å². The molecule has 1 heterocycles. The Kier molecular flexibility index (Phi) is 6.78. The average molecular weight is 386 g/mol. The lowest BCUT2D eigenvalue weighted by Crippen LogP contribution is -2.21. The third-order valence-electron chi connectivity index (χ3n) is 2.92. The van der Waals surface area contributed by atoms with Crippen molar-refractivity contribution < 1.29 is 19.1 Å². The van der Waals surface area contributed by atoms with E-state index in [0.717, 1.165) is 11.3 Å². The molecule has 2 rings (SSSR count). The summed E-state index contributed by atoms with van der Waals surface area (Å²) >= 11 is 12.8. The average Bonchev–Trinajstić information content (AvgIpc) is 2.99. The molecular formula is C16H13Cl2NO4S. The zero-order valence-corrected chi connectivity index (χ0v) is 14.7. The van der Waals surface area contributed by atoms with E-state index in [9.17, 15) is 14.4 Å². The number of ketones is 1. The molecule has 2 aromatic rings. The largest absolute Gasteiger partial charge is 0.456 e. The minimum atomic E-state index is -0.625. The van der Waals surface area contributed by atoms with Crippen molar-refractivity contribution >= 4 is 57.9 Å². The second kappa shape index (κ2) is 8.82. The molecule has 8 heteroatoms. The van der Waals surface area contributed by atoms with Crippen LogP contribution in [-0.4, -0.2) is 24.3 Å². The molecule has 0 saturated carbocycles. The molecule has 0 spiro atoms. The lowest BCUT2D eigenvalue weighted by atomic mass is 10.2. The number of rotatable bonds is 7. The molecule has 0 radical (unpaired) electrons. The molecule has 0 atom stereocenters. The number of thiophene rings is 1. The number of anilines is 1. The van der Waals surface area contributed by atoms with Crippen molar-refractivity contribution in [1.82, 2.24) is 0 Å². The Morgan fingerprint density at radius 1 is 1.04 bits per heavy atom. The van der Waals surface area contributed by atoms with Crippen LogP contribution in [0.15, 0.2) is 36.4 Å². The minimum absolute atomic E-state index is 0.00179. The third-order valence-corrected chi connectivity index (χ3v) is 4.52. The maximum atomic E-state index is 11.8. The molecule has 0 aliphatic heterocycles. The fourth-order valence-corrected chi connectivity index (χ4v) is 2.96. The Labute approximate surface area is 152 Å². The monoisotopic (exact) mass is 385 g/mol. The fraction of sp³-hybridized carbons (Fsp3) is 0.188. The smallest absolute Gasteiger partial charge is 0.306 e. The first-order chi connectivity index (χ1) is 11.5. The number of hydrogen-bond acceptors (Lipinski definition) is 5. The van der Waals surface area contributed by atoms with Gasteiger partial charge in [-0.1, -0.05) is 35.3 Å². The topological polar surface area (TPSA) is 72.5 Å². The first kappa shape index (κ1) is 18.4. The normalized spacial score (nSPS) is 10.2. The summed E-state index contributed by atoms with van der Waals surface area (Å²) in [4.78, 5) is 35.6. The van der Waals surface area contributed by atoms with Crippen LogP contribution in [0.2, 0.25) is 9.36 Å². The second-order valence-corrected chi connectivity index (χ2v) is 6.84. The summed E-state index contributed by atoms with van der Waals surface area (Å²) in [6.07, 6.45) is -0.102. The van der Waals surface area contributed by atoms with E-state index >= 15 is 0 Å². The second-order valence-electron chi connectivity index (χ2n) is 4.72. The van der Waals surface area contributed by atoms with Crippen LogP contribution in [-0.2, 0) is 14.3 Å². The predicted octanol–water partition coefficient (Wildman–Crippen LogP) is 4.20. The lowest BCUT2D eigenvalue weighted by molar-refractivity contribution is -0.147. The summed E-state index contributed by atoms with van der Waals surface area (Å²) in [5, 5.41) is 2.92. The highest BCUT2D eigenvalue weighted by atomic mass is 35.5. The Hall–Kier alpha value is -1.89. The number of amides is 1. The van der Waals surface area contributed by atoms with Crippen LogP contribution in [0.25, 0.3) is 0 Å². The Morgan fingerprint density at radius 2 is 1.79 bits per heavy atom. The number of para-hydroxylation sites is 1. The van der Waals surface area contributed by atoms with E-state index in [4.69, 9.17) is 27.9 Å². The molecule has 0 aliphatic carbocycles. The van der Waals surface area contributed by atoms with Gasteiger partial charge in [-0.25, -0.2) is 0 Å². The van der Waals surface area contributed by atoms with Crippen molar-refractivity contribution in [1.29, 1.82) is 0 Å². The van der Waals surface area contributed by atoms with Crippen molar-refractivity contribution in [2.24, 2.45) is 0 Å². The summed E-state index contributed by atoms with van der Waals surface area (Å²) in [6, 6.07) is 9.94. The van der Waals surface area contributed by atoms with Crippen molar-refractivity contribution in [3.63, 3.8) is 0 Å². The van der Waals surface area contributed by atoms with Gasteiger partial charge in [0.25, 0.3) is 5.91 Å². The number of carbonyl (C=O) groups is 3. The summed E-state index contributed by atoms with van der Waals surface area (Å²) in [5.74, 6) is -1.32. The van der Waals surface area contributed by atoms with Crippen molar-refractivity contribution in [2.75, 3.05) is 11.9 Å². The first-order valence-electron chi connectivity index (χ1n) is 6.94. The zero-order chi connectivity index (χ0) is 17.5. The molecule has 1 aromatic heterocycles. The highest BCUT2D eigenvalue weighted by Gasteiger charge is 2.14. The zero-order valence-electron chi connectivity index (χ0n) is 12.4. The van der Waals surface area contributed by atoms with Gasteiger partial charge in [0.15, 0.2) is 12.4 Å². The Bertz CT molecular complexity index is 760. The van der Waals surface area contributed by atoms with Crippen LogP contribution >= 0.6 is 34.5 Å². The van der Waals surface area contributed by atoms with Gasteiger partial charge in [0.2, 0.25) is 0 Å². The van der Waals surface area contributed by atoms with Gasteiger partial charge < -0.3 is 10.1 Å². The van der Waals surface area contributed by atoms with Crippen LogP contribution in [0.5, 0.6) is 0 Å². The van der Waals surface area contributed by atoms with E-state index in [1.54, 1.807) is 36.4 Å². The minimum Gasteiger partial charge on any atom is -0.456 e. The number of nitrogens with one attached hydrogen (secondary N) is 1. The number of halogens is 2. The van der Waals surface area contributed by atoms with Gasteiger partial charge in [-0.2, -0.15) is 0 Å². The summed E-state index contributed by atoms with van der Waals surface area (Å²) in [6.45, 7) is -0.441. The number of esters is 1. The van der Waals surface area contributed by atoms with Gasteiger partial charge in [0, 0.05) is 6.42 Å². The number of benzene rings is 1. The van der Waals surface area contributed by atoms with Crippen LogP contribution in [0.3, 0.4) is 0 Å². The highest BCUT2D eigenvalue weighted by Crippen LogP contribution is 2.23. The molecule has 0 saturated heterocycles. The number of ether oxygens (including phenoxy) is 1. The van der Waals surface area contributed by atoms with Crippen LogP contribution in [0, 0.1) is 0 Å². The lowest BCUT2D eigenvalue weighted by Gasteiger charge is -2.07. The summed E-state index contributed by atoms with van der Waals surface area (Å²) in [5.41, 5.74) is 0.435. The summed E-state index contributed by atoms with van der Waals surface area (Å²) in [7, 11) is 0. The predicted molar refractivity (Wildman–Crippen MR) is 93.9 cm³/mol. The number of Topliss-reactive ketones (excluding diaryl/α,β-unsaturated/α-hetero) is 1. The molecule has 0 aliphatic rings. The molecule has 0 fully saturated rings. The van der Waals surface area contributed by atoms with Crippen LogP contribution in [0.1, 0.15) is 22.5 Å². The van der Waals surface area contributed by atoms with Crippen LogP contribution in [0.4, 0.5) is 5.69 Å². The summed E-state index contributed by atoms with van der Waals surface area (Å²) < 4.78 is 5.35. The van der Waals surface area contributed by atoms with Gasteiger partial charge in [-0.05, 0) is 24.3 Å². The van der Waals surface area contributed by atoms with E-state index in [1.807, 2.05) is 0 Å². The Balaban J connectivity index is 1.72. The molecule has 0 bridgehead atoms. The highest BCUT2D eigenvalue weighted by molar-refractivity contribution is 7.18. The molecule has 5 nitrogen and oxygen atoms in total. The van der Waals surface area contributed by atoms with Gasteiger partial charge in [-0.15, -0.1) is 11.3 Å². The van der Waals surface area contributed by atoms with Gasteiger partial charge in [0.05, 0.1) is 26.3 Å². The molecule has 24 heavy (non-hydrogen) atoms. The fourth-order valence-electron chi connectivity index (χ4n) is 1.77. The van der Waals surface area contributed by atoms with Gasteiger partial charge in [0.1, 0.15) is 0 Å². The first-order valence-corrected chi connectivity index (χ1v) is 8.51. The van der Waals surface area contributed by atoms with Crippen molar-refractivity contribution in [2.45, 2.75) is 12.8 Å². The maximum absolute atomic E-state index is 11.8. The quantitative estimate of drug-likeness (QED) is 0.572. The van der Waals surface area contributed by atoms with Gasteiger partial charge >= 0.3 is 5.97 Å². The van der Waals surface area contributed by atoms with E-state index < -0.39 is 18.5 Å². The van der Waals surface area contributed by atoms with Gasteiger partial charge in [-0.3, -0.25) is 14.4 Å². The SMILES string of the molecule is O=C(COC(=O)CCC(=O)c1ccc(Cl)s1)Nc1ccccc1Cl. The molecular weight excluding hydrogens is 373 g/mol. The third kappa shape index (κ3) is 5.63. The van der Waals surface area contributed by atoms with Crippen molar-refractivity contribution in [3.8, 4) is 0 Å². The molecule has 1 N–H and O–H groups in total. The maximum Gasteiger partial charge on any atom is 0.306 e. The van der Waals surface area contributed by atoms with Crippen molar-refractivity contribution in [3.05, 3.63) is 50.6 Å². The molecule has 1 amide bonds. The molecule has 126 valence electrons. The standard InChI is InChI=1S/C16H13Cl2NO4S/c17-10-3-1-2-4-11(10)19-15(21)9-23-16(22)8-5-12(20)13-6-7-14(18)24-13/h1-4,6-7H,5,8-9H2,(H,19,21). The molecule has 0 unspecified atom stereocenters. The van der Waals surface area contributed by atoms with E-state index in [2.05, 4.69) is 5.32 Å². The van der Waals surface area contributed by atoms with E-state index in [-0.39, 0.29) is 18.6 Å². The van der Waals surface area contributed by atoms with E-state index in [0.29, 0.717) is 19.9 Å². The number of hydrogen-bond donors (Lipinski definition) is 1. The molecule has 1 aromatic carbocycles. The van der Waals surface area contributed by atoms with Crippen LogP contribution < -0.4 is 5.32 Å². The number of carbonyl (C=O) groups excluding carboxylic acids is 3. The Morgan fingerprint density at radius 3 is 2.46 bits per heavy atom.